The van der Waals surface area contributed by atoms with Gasteiger partial charge in [-0.1, -0.05) is 23.2 Å². The van der Waals surface area contributed by atoms with Crippen LogP contribution in [0.15, 0.2) is 6.33 Å². The normalized spacial score (nSPS) is 24.7. The first-order valence-electron chi connectivity index (χ1n) is 8.51. The fraction of sp³-hybridized carbons (Fsp3) is 0.545. The molecule has 16 nitrogen and oxygen atoms in total. The maximum absolute atomic E-state index is 12.2. The SMILES string of the molecule is [B-][P@](=O)(OC[C@H]1O[C@@H](n2cnc3c(N)nc(Cl)nc32)[C@H](O)[C@@H]1O)OP(=O)([O-])C(Cl)(Cl)P(=O)([O-])[O-].[Na+].[Na+].[Na+].[Na+]. The van der Waals surface area contributed by atoms with E-state index in [2.05, 4.69) is 23.8 Å². The van der Waals surface area contributed by atoms with Gasteiger partial charge in [0.2, 0.25) is 9.10 Å². The number of ether oxygens (including phenoxy) is 1. The minimum absolute atomic E-state index is 0. The van der Waals surface area contributed by atoms with Crippen molar-refractivity contribution in [2.75, 3.05) is 12.3 Å². The van der Waals surface area contributed by atoms with Crippen LogP contribution in [0.2, 0.25) is 5.28 Å². The van der Waals surface area contributed by atoms with Gasteiger partial charge in [0.25, 0.3) is 0 Å². The molecule has 0 bridgehead atoms. The smallest absolute Gasteiger partial charge is 0.808 e. The fourth-order valence-corrected chi connectivity index (χ4v) is 7.13. The summed E-state index contributed by atoms with van der Waals surface area (Å²) in [6.07, 6.45) is -5.10. The van der Waals surface area contributed by atoms with E-state index in [0.29, 0.717) is 0 Å². The van der Waals surface area contributed by atoms with E-state index in [1.165, 1.54) is 0 Å². The van der Waals surface area contributed by atoms with Gasteiger partial charge in [-0.3, -0.25) is 8.88 Å². The van der Waals surface area contributed by atoms with E-state index in [4.69, 9.17) is 52.8 Å². The molecule has 3 radical (unpaired) electrons. The van der Waals surface area contributed by atoms with Gasteiger partial charge in [0.15, 0.2) is 25.3 Å². The number of alkyl halides is 2. The zero-order chi connectivity index (χ0) is 25.9. The van der Waals surface area contributed by atoms with Crippen LogP contribution >= 0.6 is 57.5 Å². The molecule has 0 saturated carbocycles. The number of nitrogens with zero attached hydrogens (tertiary/aromatic N) is 4. The Kier molecular flexibility index (Phi) is 18.8. The van der Waals surface area contributed by atoms with Crippen LogP contribution in [0.3, 0.4) is 0 Å². The van der Waals surface area contributed by atoms with E-state index in [9.17, 15) is 38.6 Å². The number of rotatable bonds is 8. The second-order valence-corrected chi connectivity index (χ2v) is 15.1. The van der Waals surface area contributed by atoms with E-state index in [0.717, 1.165) is 10.9 Å². The van der Waals surface area contributed by atoms with Crippen molar-refractivity contribution in [1.29, 1.82) is 0 Å². The number of aliphatic hydroxyl groups excluding tert-OH is 2. The molecule has 1 aliphatic rings. The maximum Gasteiger partial charge on any atom is 1.00 e. The van der Waals surface area contributed by atoms with E-state index >= 15 is 0 Å². The molecule has 2 aromatic heterocycles. The second kappa shape index (κ2) is 16.3. The van der Waals surface area contributed by atoms with Crippen LogP contribution in [0, 0.1) is 0 Å². The van der Waals surface area contributed by atoms with Crippen molar-refractivity contribution in [1.82, 2.24) is 19.5 Å². The molecule has 3 heterocycles. The molecule has 1 fully saturated rings. The molecule has 6 atom stereocenters. The third kappa shape index (κ3) is 9.58. The molecule has 0 aromatic carbocycles. The predicted molar refractivity (Wildman–Crippen MR) is 111 cm³/mol. The van der Waals surface area contributed by atoms with Crippen molar-refractivity contribution < 1.29 is 170 Å². The molecule has 27 heteroatoms. The molecule has 38 heavy (non-hydrogen) atoms. The molecular weight excluding hydrogens is 680 g/mol. The average Bonchev–Trinajstić information content (AvgIpc) is 3.20. The Morgan fingerprint density at radius 2 is 1.68 bits per heavy atom. The third-order valence-corrected chi connectivity index (χ3v) is 12.1. The molecule has 1 unspecified atom stereocenters. The Hall–Kier alpha value is 3.65. The molecule has 3 rings (SSSR count). The van der Waals surface area contributed by atoms with Gasteiger partial charge in [0.05, 0.1) is 20.4 Å². The molecule has 1 saturated heterocycles. The van der Waals surface area contributed by atoms with Crippen molar-refractivity contribution in [3.8, 4) is 0 Å². The summed E-state index contributed by atoms with van der Waals surface area (Å²) in [4.78, 5) is 45.4. The number of hydrogen-bond acceptors (Lipinski definition) is 15. The summed E-state index contributed by atoms with van der Waals surface area (Å²) in [6.45, 7) is -0.961. The van der Waals surface area contributed by atoms with E-state index in [1.54, 1.807) is 0 Å². The standard InChI is InChI=1S/C11H14BCl3N5O11P3.4Na/c12-34(28,31-33(26,27)11(14,15)32(23,24)25)29-1-3-5(21)6(22)9(30-3)20-2-17-4-7(16)18-10(13)19-8(4)20;;;;/h2-3,5-6,9,21-22H,1H2,(H,26,27)(H2,16,18,19)(H2,23,24,25);;;;/q-1;4*+1/p-3/t3-,5-,6-,9-,34+;;;;/m1..../s1. The van der Waals surface area contributed by atoms with Gasteiger partial charge in [0, 0.05) is 0 Å². The van der Waals surface area contributed by atoms with Crippen molar-refractivity contribution in [3.63, 3.8) is 0 Å². The quantitative estimate of drug-likeness (QED) is 0.101. The molecular formula is C11H11BCl3N5Na4O11P3. The van der Waals surface area contributed by atoms with Crippen molar-refractivity contribution in [2.24, 2.45) is 0 Å². The Balaban J connectivity index is 0. The van der Waals surface area contributed by atoms with E-state index < -0.39 is 57.6 Å². The zero-order valence-corrected chi connectivity index (χ0v) is 33.0. The summed E-state index contributed by atoms with van der Waals surface area (Å²) >= 11 is 15.8. The fourth-order valence-electron chi connectivity index (χ4n) is 2.74. The number of hydrogen-bond donors (Lipinski definition) is 3. The summed E-state index contributed by atoms with van der Waals surface area (Å²) in [5, 5.41) is 20.4. The van der Waals surface area contributed by atoms with Crippen LogP contribution in [0.4, 0.5) is 5.82 Å². The number of anilines is 1. The number of aromatic nitrogens is 4. The Morgan fingerprint density at radius 1 is 1.13 bits per heavy atom. The van der Waals surface area contributed by atoms with Crippen LogP contribution in [-0.2, 0) is 27.3 Å². The maximum atomic E-state index is 12.2. The van der Waals surface area contributed by atoms with E-state index in [-0.39, 0.29) is 140 Å². The molecule has 0 spiro atoms. The van der Waals surface area contributed by atoms with Gasteiger partial charge in [-0.15, -0.1) is 0 Å². The molecule has 189 valence electrons. The summed E-state index contributed by atoms with van der Waals surface area (Å²) in [7, 11) is -12.5. The van der Waals surface area contributed by atoms with Gasteiger partial charge in [-0.25, -0.2) is 4.98 Å². The minimum Gasteiger partial charge on any atom is -0.808 e. The summed E-state index contributed by atoms with van der Waals surface area (Å²) in [5.74, 6) is -0.0831. The van der Waals surface area contributed by atoms with Crippen LogP contribution in [0.1, 0.15) is 6.23 Å². The topological polar surface area (TPSA) is 258 Å². The van der Waals surface area contributed by atoms with Gasteiger partial charge in [0.1, 0.15) is 23.8 Å². The van der Waals surface area contributed by atoms with Gasteiger partial charge < -0.3 is 61.1 Å². The molecule has 0 aliphatic carbocycles. The van der Waals surface area contributed by atoms with Crippen LogP contribution in [-0.4, -0.2) is 66.0 Å². The summed E-state index contributed by atoms with van der Waals surface area (Å²) < 4.78 is 46.2. The van der Waals surface area contributed by atoms with Crippen molar-refractivity contribution in [3.05, 3.63) is 11.6 Å². The van der Waals surface area contributed by atoms with Gasteiger partial charge in [-0.2, -0.15) is 9.97 Å². The van der Waals surface area contributed by atoms with Crippen LogP contribution in [0.25, 0.3) is 11.2 Å². The first-order chi connectivity index (χ1) is 15.4. The summed E-state index contributed by atoms with van der Waals surface area (Å²) in [6, 6.07) is 0. The second-order valence-electron chi connectivity index (χ2n) is 6.67. The minimum atomic E-state index is -6.23. The van der Waals surface area contributed by atoms with E-state index in [1.807, 2.05) is 0 Å². The number of halogens is 3. The van der Waals surface area contributed by atoms with Gasteiger partial charge >= 0.3 is 118 Å². The molecule has 2 aromatic rings. The number of nitrogens with two attached hydrogens (primary N) is 1. The zero-order valence-electron chi connectivity index (χ0n) is 20.1. The number of fused-ring (bicyclic) bond motifs is 1. The van der Waals surface area contributed by atoms with Crippen molar-refractivity contribution >= 4 is 82.0 Å². The number of nitrogen functional groups attached to an aromatic ring is 1. The monoisotopic (exact) mass is 690 g/mol. The largest absolute Gasteiger partial charge is 1.00 e. The Labute approximate surface area is 319 Å². The van der Waals surface area contributed by atoms with Gasteiger partial charge in [-0.05, 0) is 19.2 Å². The summed E-state index contributed by atoms with van der Waals surface area (Å²) in [5.41, 5.74) is 5.82. The number of imidazole rings is 1. The van der Waals surface area contributed by atoms with Crippen LogP contribution in [0.5, 0.6) is 0 Å². The third-order valence-electron chi connectivity index (χ3n) is 4.33. The molecule has 4 N–H and O–H groups in total. The first-order valence-corrected chi connectivity index (χ1v) is 14.3. The van der Waals surface area contributed by atoms with Crippen molar-refractivity contribution in [2.45, 2.75) is 28.4 Å². The molecule has 1 aliphatic heterocycles. The first kappa shape index (κ1) is 43.8. The molecule has 0 amide bonds. The van der Waals surface area contributed by atoms with Crippen LogP contribution < -0.4 is 139 Å². The number of aliphatic hydroxyl groups is 2. The Bertz CT molecular complexity index is 1260. The average molecular weight is 691 g/mol. The Morgan fingerprint density at radius 3 is 2.21 bits per heavy atom. The predicted octanol–water partition coefficient (Wildman–Crippen LogP) is -13.4.